The van der Waals surface area contributed by atoms with Crippen molar-refractivity contribution in [1.29, 1.82) is 0 Å². The van der Waals surface area contributed by atoms with E-state index in [9.17, 15) is 5.11 Å². The fraction of sp³-hybridized carbons (Fsp3) is 1.00. The Hall–Kier alpha value is -0.200. The molecule has 5 heteroatoms. The number of piperazine rings is 1. The molecule has 1 N–H and O–H groups in total. The number of rotatable bonds is 6. The molecule has 5 nitrogen and oxygen atoms in total. The summed E-state index contributed by atoms with van der Waals surface area (Å²) in [6, 6.07) is 0.525. The van der Waals surface area contributed by atoms with Crippen LogP contribution in [0, 0.1) is 0 Å². The van der Waals surface area contributed by atoms with Gasteiger partial charge in [-0.2, -0.15) is 0 Å². The Bertz CT molecular complexity index is 282. The normalized spacial score (nSPS) is 33.5. The molecule has 0 saturated carbocycles. The number of ether oxygens (including phenoxy) is 2. The Balaban J connectivity index is 1.74. The summed E-state index contributed by atoms with van der Waals surface area (Å²) in [7, 11) is 0. The molecule has 0 aromatic carbocycles. The molecule has 0 aromatic rings. The van der Waals surface area contributed by atoms with Gasteiger partial charge in [0.05, 0.1) is 13.2 Å². The van der Waals surface area contributed by atoms with Gasteiger partial charge >= 0.3 is 0 Å². The molecule has 2 atom stereocenters. The molecule has 2 rings (SSSR count). The van der Waals surface area contributed by atoms with Crippen LogP contribution < -0.4 is 0 Å². The lowest BCUT2D eigenvalue weighted by Gasteiger charge is -2.43. The summed E-state index contributed by atoms with van der Waals surface area (Å²) in [5.41, 5.74) is -0.633. The van der Waals surface area contributed by atoms with E-state index in [2.05, 4.69) is 16.7 Å². The molecule has 2 saturated heterocycles. The highest BCUT2D eigenvalue weighted by atomic mass is 16.5. The second-order valence-corrected chi connectivity index (χ2v) is 6.20. The summed E-state index contributed by atoms with van der Waals surface area (Å²) in [4.78, 5) is 4.87. The first-order valence-electron chi connectivity index (χ1n) is 7.97. The van der Waals surface area contributed by atoms with Crippen LogP contribution in [0.4, 0.5) is 0 Å². The van der Waals surface area contributed by atoms with Crippen LogP contribution >= 0.6 is 0 Å². The third-order valence-corrected chi connectivity index (χ3v) is 4.40. The summed E-state index contributed by atoms with van der Waals surface area (Å²) in [6.07, 6.45) is 1.84. The van der Waals surface area contributed by atoms with Gasteiger partial charge in [0, 0.05) is 52.0 Å². The summed E-state index contributed by atoms with van der Waals surface area (Å²) in [6.45, 7) is 12.1. The molecule has 2 unspecified atom stereocenters. The van der Waals surface area contributed by atoms with Crippen LogP contribution in [0.15, 0.2) is 0 Å². The SMILES string of the molecule is CCOCCN1CCN(CC2(O)CCCOC2)CC1C. The van der Waals surface area contributed by atoms with E-state index in [1.165, 1.54) is 0 Å². The average molecular weight is 286 g/mol. The van der Waals surface area contributed by atoms with Crippen molar-refractivity contribution < 1.29 is 14.6 Å². The van der Waals surface area contributed by atoms with Gasteiger partial charge in [0.15, 0.2) is 0 Å². The molecule has 118 valence electrons. The lowest BCUT2D eigenvalue weighted by atomic mass is 9.95. The summed E-state index contributed by atoms with van der Waals surface area (Å²) >= 11 is 0. The molecule has 0 amide bonds. The Morgan fingerprint density at radius 3 is 2.90 bits per heavy atom. The summed E-state index contributed by atoms with van der Waals surface area (Å²) < 4.78 is 10.9. The van der Waals surface area contributed by atoms with Crippen LogP contribution in [-0.2, 0) is 9.47 Å². The van der Waals surface area contributed by atoms with Crippen molar-refractivity contribution in [1.82, 2.24) is 9.80 Å². The smallest absolute Gasteiger partial charge is 0.101 e. The second kappa shape index (κ2) is 7.71. The van der Waals surface area contributed by atoms with E-state index in [0.717, 1.165) is 65.4 Å². The minimum absolute atomic E-state index is 0.492. The Morgan fingerprint density at radius 1 is 1.40 bits per heavy atom. The highest BCUT2D eigenvalue weighted by Crippen LogP contribution is 2.21. The molecule has 2 aliphatic rings. The lowest BCUT2D eigenvalue weighted by molar-refractivity contribution is -0.106. The Labute approximate surface area is 122 Å². The van der Waals surface area contributed by atoms with E-state index in [0.29, 0.717) is 12.6 Å². The first-order chi connectivity index (χ1) is 9.63. The highest BCUT2D eigenvalue weighted by molar-refractivity contribution is 4.88. The van der Waals surface area contributed by atoms with Crippen molar-refractivity contribution in [3.05, 3.63) is 0 Å². The molecular formula is C15H30N2O3. The van der Waals surface area contributed by atoms with Gasteiger partial charge in [-0.05, 0) is 26.7 Å². The van der Waals surface area contributed by atoms with Crippen LogP contribution in [-0.4, -0.2) is 85.7 Å². The summed E-state index contributed by atoms with van der Waals surface area (Å²) in [5.74, 6) is 0. The number of hydrogen-bond acceptors (Lipinski definition) is 5. The molecule has 0 radical (unpaired) electrons. The molecule has 0 spiro atoms. The number of β-amino-alcohol motifs (C(OH)–C–C–N with tert-alkyl or cyclic N) is 1. The quantitative estimate of drug-likeness (QED) is 0.723. The first-order valence-corrected chi connectivity index (χ1v) is 7.97. The van der Waals surface area contributed by atoms with Crippen LogP contribution in [0.1, 0.15) is 26.7 Å². The van der Waals surface area contributed by atoms with Crippen molar-refractivity contribution in [2.45, 2.75) is 38.3 Å². The highest BCUT2D eigenvalue weighted by Gasteiger charge is 2.34. The van der Waals surface area contributed by atoms with E-state index in [1.54, 1.807) is 0 Å². The maximum Gasteiger partial charge on any atom is 0.101 e. The number of aliphatic hydroxyl groups is 1. The Morgan fingerprint density at radius 2 is 2.25 bits per heavy atom. The molecule has 0 aromatic heterocycles. The fourth-order valence-electron chi connectivity index (χ4n) is 3.25. The van der Waals surface area contributed by atoms with Crippen LogP contribution in [0.2, 0.25) is 0 Å². The third kappa shape index (κ3) is 4.67. The number of nitrogens with zero attached hydrogens (tertiary/aromatic N) is 2. The average Bonchev–Trinajstić information content (AvgIpc) is 2.42. The van der Waals surface area contributed by atoms with Crippen molar-refractivity contribution in [2.75, 3.05) is 59.2 Å². The maximum absolute atomic E-state index is 10.5. The van der Waals surface area contributed by atoms with Gasteiger partial charge in [0.1, 0.15) is 5.60 Å². The number of hydrogen-bond donors (Lipinski definition) is 1. The van der Waals surface area contributed by atoms with E-state index in [1.807, 2.05) is 6.92 Å². The van der Waals surface area contributed by atoms with Gasteiger partial charge in [-0.3, -0.25) is 9.80 Å². The lowest BCUT2D eigenvalue weighted by Crippen LogP contribution is -2.57. The maximum atomic E-state index is 10.5. The fourth-order valence-corrected chi connectivity index (χ4v) is 3.25. The third-order valence-electron chi connectivity index (χ3n) is 4.40. The predicted molar refractivity (Wildman–Crippen MR) is 79.0 cm³/mol. The molecule has 2 heterocycles. The Kier molecular flexibility index (Phi) is 6.23. The van der Waals surface area contributed by atoms with E-state index >= 15 is 0 Å². The zero-order chi connectivity index (χ0) is 14.4. The van der Waals surface area contributed by atoms with Gasteiger partial charge < -0.3 is 14.6 Å². The van der Waals surface area contributed by atoms with Gasteiger partial charge in [0.2, 0.25) is 0 Å². The van der Waals surface area contributed by atoms with Crippen LogP contribution in [0.5, 0.6) is 0 Å². The molecule has 20 heavy (non-hydrogen) atoms. The van der Waals surface area contributed by atoms with Crippen molar-refractivity contribution in [3.8, 4) is 0 Å². The standard InChI is InChI=1S/C15H30N2O3/c1-3-19-10-8-17-7-6-16(11-14(17)2)12-15(18)5-4-9-20-13-15/h14,18H,3-13H2,1-2H3. The zero-order valence-electron chi connectivity index (χ0n) is 13.0. The van der Waals surface area contributed by atoms with Crippen LogP contribution in [0.25, 0.3) is 0 Å². The van der Waals surface area contributed by atoms with Gasteiger partial charge in [-0.1, -0.05) is 0 Å². The molecule has 0 bridgehead atoms. The minimum atomic E-state index is -0.633. The second-order valence-electron chi connectivity index (χ2n) is 6.20. The monoisotopic (exact) mass is 286 g/mol. The zero-order valence-corrected chi connectivity index (χ0v) is 13.0. The van der Waals surface area contributed by atoms with Crippen molar-refractivity contribution in [2.24, 2.45) is 0 Å². The van der Waals surface area contributed by atoms with E-state index in [-0.39, 0.29) is 0 Å². The van der Waals surface area contributed by atoms with Crippen LogP contribution in [0.3, 0.4) is 0 Å². The van der Waals surface area contributed by atoms with E-state index < -0.39 is 5.60 Å². The largest absolute Gasteiger partial charge is 0.386 e. The van der Waals surface area contributed by atoms with Crippen molar-refractivity contribution >= 4 is 0 Å². The first kappa shape index (κ1) is 16.2. The van der Waals surface area contributed by atoms with Crippen molar-refractivity contribution in [3.63, 3.8) is 0 Å². The molecule has 2 aliphatic heterocycles. The van der Waals surface area contributed by atoms with Gasteiger partial charge in [-0.25, -0.2) is 0 Å². The minimum Gasteiger partial charge on any atom is -0.386 e. The molecule has 2 fully saturated rings. The topological polar surface area (TPSA) is 45.2 Å². The van der Waals surface area contributed by atoms with Gasteiger partial charge in [0.25, 0.3) is 0 Å². The predicted octanol–water partition coefficient (Wildman–Crippen LogP) is 0.571. The van der Waals surface area contributed by atoms with Gasteiger partial charge in [-0.15, -0.1) is 0 Å². The summed E-state index contributed by atoms with van der Waals surface area (Å²) in [5, 5.41) is 10.5. The van der Waals surface area contributed by atoms with E-state index in [4.69, 9.17) is 9.47 Å². The molecule has 0 aliphatic carbocycles. The molecular weight excluding hydrogens is 256 g/mol.